The van der Waals surface area contributed by atoms with Gasteiger partial charge in [-0.1, -0.05) is 29.8 Å². The maximum atomic E-state index is 11.4. The van der Waals surface area contributed by atoms with E-state index in [9.17, 15) is 4.79 Å². The van der Waals surface area contributed by atoms with Crippen molar-refractivity contribution in [3.05, 3.63) is 34.9 Å². The lowest BCUT2D eigenvalue weighted by Gasteiger charge is -2.09. The Balaban J connectivity index is 2.78. The molecule has 1 aromatic carbocycles. The van der Waals surface area contributed by atoms with Gasteiger partial charge in [-0.2, -0.15) is 5.26 Å². The van der Waals surface area contributed by atoms with Gasteiger partial charge in [0.1, 0.15) is 0 Å². The van der Waals surface area contributed by atoms with E-state index < -0.39 is 11.9 Å². The van der Waals surface area contributed by atoms with E-state index in [1.165, 1.54) is 6.21 Å². The highest BCUT2D eigenvalue weighted by Gasteiger charge is 2.17. The van der Waals surface area contributed by atoms with Gasteiger partial charge < -0.3 is 4.74 Å². The number of aliphatic imine (C=N–C) groups is 1. The molecule has 1 rings (SSSR count). The number of benzene rings is 1. The lowest BCUT2D eigenvalue weighted by Crippen LogP contribution is -2.17. The number of halogens is 1. The van der Waals surface area contributed by atoms with Gasteiger partial charge in [0, 0.05) is 11.2 Å². The maximum absolute atomic E-state index is 11.4. The first-order chi connectivity index (χ1) is 9.10. The molecule has 100 valence electrons. The average Bonchev–Trinajstić information content (AvgIpc) is 2.40. The number of carbonyl (C=O) groups excluding carboxylic acids is 1. The molecule has 0 spiro atoms. The highest BCUT2D eigenvalue weighted by atomic mass is 35.5. The van der Waals surface area contributed by atoms with Gasteiger partial charge in [0.05, 0.1) is 18.7 Å². The fraction of sp³-hybridized carbons (Fsp3) is 0.357. The Bertz CT molecular complexity index is 508. The zero-order chi connectivity index (χ0) is 14.3. The summed E-state index contributed by atoms with van der Waals surface area (Å²) >= 11 is 6.05. The fourth-order valence-electron chi connectivity index (χ4n) is 1.49. The Hall–Kier alpha value is -1.86. The maximum Gasteiger partial charge on any atom is 0.328 e. The van der Waals surface area contributed by atoms with Crippen LogP contribution >= 0.6 is 11.6 Å². The number of hydrogen-bond donors (Lipinski definition) is 0. The van der Waals surface area contributed by atoms with Crippen LogP contribution in [0.2, 0.25) is 5.02 Å². The van der Waals surface area contributed by atoms with Crippen LogP contribution in [0, 0.1) is 17.2 Å². The van der Waals surface area contributed by atoms with Crippen molar-refractivity contribution in [2.45, 2.75) is 19.9 Å². The largest absolute Gasteiger partial charge is 0.465 e. The quantitative estimate of drug-likeness (QED) is 0.614. The summed E-state index contributed by atoms with van der Waals surface area (Å²) < 4.78 is 4.78. The molecule has 0 radical (unpaired) electrons. The van der Waals surface area contributed by atoms with Gasteiger partial charge in [0.25, 0.3) is 0 Å². The first-order valence-corrected chi connectivity index (χ1v) is 6.32. The van der Waals surface area contributed by atoms with E-state index in [0.29, 0.717) is 5.02 Å². The van der Waals surface area contributed by atoms with Gasteiger partial charge in [0.2, 0.25) is 0 Å². The molecule has 0 amide bonds. The summed E-state index contributed by atoms with van der Waals surface area (Å²) in [5.74, 6) is -1.56. The molecule has 0 bridgehead atoms. The lowest BCUT2D eigenvalue weighted by molar-refractivity contribution is -0.143. The molecule has 0 saturated carbocycles. The topological polar surface area (TPSA) is 62.5 Å². The molecule has 5 heteroatoms. The van der Waals surface area contributed by atoms with E-state index in [-0.39, 0.29) is 12.6 Å². The summed E-state index contributed by atoms with van der Waals surface area (Å²) in [6, 6.07) is 8.95. The molecular weight excluding hydrogens is 264 g/mol. The third-order valence-electron chi connectivity index (χ3n) is 2.49. The highest BCUT2D eigenvalue weighted by molar-refractivity contribution is 6.31. The second-order valence-electron chi connectivity index (χ2n) is 3.85. The Kier molecular flexibility index (Phi) is 6.04. The van der Waals surface area contributed by atoms with E-state index in [1.807, 2.05) is 31.2 Å². The van der Waals surface area contributed by atoms with E-state index in [4.69, 9.17) is 21.6 Å². The molecule has 4 nitrogen and oxygen atoms in total. The van der Waals surface area contributed by atoms with Crippen LogP contribution in [0.15, 0.2) is 29.3 Å². The summed E-state index contributed by atoms with van der Waals surface area (Å²) in [5, 5.41) is 9.50. The van der Waals surface area contributed by atoms with Crippen LogP contribution in [0.25, 0.3) is 0 Å². The van der Waals surface area contributed by atoms with Gasteiger partial charge in [-0.15, -0.1) is 0 Å². The SMILES string of the molecule is CCOC(=O)[C@@H](C#N)C=N[C@@H](C)c1ccccc1Cl. The summed E-state index contributed by atoms with van der Waals surface area (Å²) in [7, 11) is 0. The van der Waals surface area contributed by atoms with Crippen molar-refractivity contribution in [1.82, 2.24) is 0 Å². The van der Waals surface area contributed by atoms with Crippen molar-refractivity contribution in [2.75, 3.05) is 6.61 Å². The number of carbonyl (C=O) groups is 1. The van der Waals surface area contributed by atoms with Crippen LogP contribution in [-0.4, -0.2) is 18.8 Å². The van der Waals surface area contributed by atoms with Crippen molar-refractivity contribution in [3.63, 3.8) is 0 Å². The minimum absolute atomic E-state index is 0.223. The van der Waals surface area contributed by atoms with Gasteiger partial charge in [-0.3, -0.25) is 9.79 Å². The average molecular weight is 279 g/mol. The summed E-state index contributed by atoms with van der Waals surface area (Å²) in [6.07, 6.45) is 1.31. The van der Waals surface area contributed by atoms with Crippen LogP contribution in [0.1, 0.15) is 25.5 Å². The third kappa shape index (κ3) is 4.38. The molecule has 0 aliphatic carbocycles. The van der Waals surface area contributed by atoms with Gasteiger partial charge in [-0.05, 0) is 25.5 Å². The lowest BCUT2D eigenvalue weighted by atomic mass is 10.1. The number of esters is 1. The molecule has 1 aromatic rings. The van der Waals surface area contributed by atoms with Crippen LogP contribution in [0.3, 0.4) is 0 Å². The highest BCUT2D eigenvalue weighted by Crippen LogP contribution is 2.24. The molecule has 0 aliphatic heterocycles. The molecule has 2 atom stereocenters. The Morgan fingerprint density at radius 3 is 2.84 bits per heavy atom. The molecule has 0 unspecified atom stereocenters. The van der Waals surface area contributed by atoms with Gasteiger partial charge in [-0.25, -0.2) is 0 Å². The van der Waals surface area contributed by atoms with Gasteiger partial charge in [0.15, 0.2) is 5.92 Å². The Morgan fingerprint density at radius 1 is 1.58 bits per heavy atom. The minimum Gasteiger partial charge on any atom is -0.465 e. The Labute approximate surface area is 117 Å². The van der Waals surface area contributed by atoms with Crippen molar-refractivity contribution < 1.29 is 9.53 Å². The van der Waals surface area contributed by atoms with Crippen molar-refractivity contribution >= 4 is 23.8 Å². The minimum atomic E-state index is -0.982. The van der Waals surface area contributed by atoms with Gasteiger partial charge >= 0.3 is 5.97 Å². The first kappa shape index (κ1) is 15.2. The van der Waals surface area contributed by atoms with Crippen LogP contribution in [-0.2, 0) is 9.53 Å². The second kappa shape index (κ2) is 7.55. The molecule has 0 fully saturated rings. The van der Waals surface area contributed by atoms with Crippen molar-refractivity contribution in [3.8, 4) is 6.07 Å². The standard InChI is InChI=1S/C14H15ClN2O2/c1-3-19-14(18)11(8-16)9-17-10(2)12-6-4-5-7-13(12)15/h4-7,9-11H,3H2,1-2H3/t10-,11-/m0/s1. The third-order valence-corrected chi connectivity index (χ3v) is 2.84. The summed E-state index contributed by atoms with van der Waals surface area (Å²) in [4.78, 5) is 15.6. The number of nitriles is 1. The molecule has 0 heterocycles. The van der Waals surface area contributed by atoms with E-state index in [2.05, 4.69) is 4.99 Å². The van der Waals surface area contributed by atoms with E-state index in [0.717, 1.165) is 5.56 Å². The second-order valence-corrected chi connectivity index (χ2v) is 4.26. The molecule has 0 aromatic heterocycles. The monoisotopic (exact) mass is 278 g/mol. The summed E-state index contributed by atoms with van der Waals surface area (Å²) in [5.41, 5.74) is 0.848. The predicted molar refractivity (Wildman–Crippen MR) is 74.1 cm³/mol. The fourth-order valence-corrected chi connectivity index (χ4v) is 1.78. The predicted octanol–water partition coefficient (Wildman–Crippen LogP) is 3.17. The van der Waals surface area contributed by atoms with E-state index in [1.54, 1.807) is 13.0 Å². The molecule has 0 aliphatic rings. The number of nitrogens with zero attached hydrogens (tertiary/aromatic N) is 2. The van der Waals surface area contributed by atoms with E-state index >= 15 is 0 Å². The number of hydrogen-bond acceptors (Lipinski definition) is 4. The van der Waals surface area contributed by atoms with Crippen molar-refractivity contribution in [2.24, 2.45) is 10.9 Å². The zero-order valence-corrected chi connectivity index (χ0v) is 11.6. The van der Waals surface area contributed by atoms with Crippen LogP contribution < -0.4 is 0 Å². The Morgan fingerprint density at radius 2 is 2.26 bits per heavy atom. The first-order valence-electron chi connectivity index (χ1n) is 5.94. The normalized spacial score (nSPS) is 13.8. The molecular formula is C14H15ClN2O2. The number of rotatable bonds is 5. The smallest absolute Gasteiger partial charge is 0.328 e. The zero-order valence-electron chi connectivity index (χ0n) is 10.8. The molecule has 0 saturated heterocycles. The number of ether oxygens (including phenoxy) is 1. The van der Waals surface area contributed by atoms with Crippen LogP contribution in [0.5, 0.6) is 0 Å². The molecule has 19 heavy (non-hydrogen) atoms. The summed E-state index contributed by atoms with van der Waals surface area (Å²) in [6.45, 7) is 3.78. The molecule has 0 N–H and O–H groups in total. The van der Waals surface area contributed by atoms with Crippen LogP contribution in [0.4, 0.5) is 0 Å². The van der Waals surface area contributed by atoms with Crippen molar-refractivity contribution in [1.29, 1.82) is 5.26 Å².